The lowest BCUT2D eigenvalue weighted by molar-refractivity contribution is -0.155. The molecule has 1 N–H and O–H groups in total. The van der Waals surface area contributed by atoms with Gasteiger partial charge < -0.3 is 10.2 Å². The molecule has 0 radical (unpaired) electrons. The van der Waals surface area contributed by atoms with Crippen molar-refractivity contribution < 1.29 is 18.0 Å². The average Bonchev–Trinajstić information content (AvgIpc) is 2.32. The lowest BCUT2D eigenvalue weighted by atomic mass is 10.0. The van der Waals surface area contributed by atoms with E-state index in [0.29, 0.717) is 13.1 Å². The van der Waals surface area contributed by atoms with Gasteiger partial charge in [-0.3, -0.25) is 0 Å². The maximum absolute atomic E-state index is 12.9. The molecule has 1 aliphatic heterocycles. The first kappa shape index (κ1) is 14.7. The smallest absolute Gasteiger partial charge is 0.326 e. The van der Waals surface area contributed by atoms with Gasteiger partial charge in [0.25, 0.3) is 0 Å². The largest absolute Gasteiger partial charge is 0.408 e. The summed E-state index contributed by atoms with van der Waals surface area (Å²) < 4.78 is 38.8. The molecule has 0 saturated carbocycles. The summed E-state index contributed by atoms with van der Waals surface area (Å²) in [4.78, 5) is 13.0. The van der Waals surface area contributed by atoms with Crippen LogP contribution >= 0.6 is 0 Å². The van der Waals surface area contributed by atoms with Gasteiger partial charge in [-0.2, -0.15) is 13.2 Å². The predicted octanol–water partition coefficient (Wildman–Crippen LogP) is 2.97. The summed E-state index contributed by atoms with van der Waals surface area (Å²) in [6.45, 7) is 1.07. The summed E-state index contributed by atoms with van der Waals surface area (Å²) in [5, 5.41) is 2.09. The maximum atomic E-state index is 12.9. The molecule has 1 saturated heterocycles. The Balaban J connectivity index is 1.91. The Morgan fingerprint density at radius 1 is 1.25 bits per heavy atom. The minimum atomic E-state index is -4.42. The number of alkyl halides is 3. The lowest BCUT2D eigenvalue weighted by Crippen LogP contribution is -2.54. The Morgan fingerprint density at radius 3 is 2.40 bits per heavy atom. The number of hydrogen-bond donors (Lipinski definition) is 1. The fourth-order valence-electron chi connectivity index (χ4n) is 2.03. The van der Waals surface area contributed by atoms with Gasteiger partial charge in [0.2, 0.25) is 0 Å². The van der Waals surface area contributed by atoms with E-state index in [-0.39, 0.29) is 12.8 Å². The highest BCUT2D eigenvalue weighted by atomic mass is 19.4. The van der Waals surface area contributed by atoms with Crippen molar-refractivity contribution >= 4 is 6.03 Å². The van der Waals surface area contributed by atoms with Crippen LogP contribution in [0.25, 0.3) is 0 Å². The van der Waals surface area contributed by atoms with Gasteiger partial charge in [-0.1, -0.05) is 30.3 Å². The highest BCUT2D eigenvalue weighted by Gasteiger charge is 2.41. The topological polar surface area (TPSA) is 32.3 Å². The predicted molar refractivity (Wildman–Crippen MR) is 69.3 cm³/mol. The minimum absolute atomic E-state index is 0.146. The molecule has 1 aromatic carbocycles. The molecule has 20 heavy (non-hydrogen) atoms. The van der Waals surface area contributed by atoms with Crippen LogP contribution in [-0.4, -0.2) is 36.2 Å². The third-order valence-corrected chi connectivity index (χ3v) is 3.40. The molecule has 3 nitrogen and oxygen atoms in total. The lowest BCUT2D eigenvalue weighted by Gasteiger charge is -2.33. The van der Waals surface area contributed by atoms with Crippen LogP contribution in [0.5, 0.6) is 0 Å². The van der Waals surface area contributed by atoms with Gasteiger partial charge in [0, 0.05) is 13.1 Å². The van der Waals surface area contributed by atoms with Crippen LogP contribution in [-0.2, 0) is 6.42 Å². The fraction of sp³-hybridized carbons (Fsp3) is 0.500. The number of benzene rings is 1. The molecular formula is C14H17F3N2O. The van der Waals surface area contributed by atoms with Crippen LogP contribution in [0.4, 0.5) is 18.0 Å². The van der Waals surface area contributed by atoms with Crippen molar-refractivity contribution in [2.75, 3.05) is 13.1 Å². The molecule has 6 heteroatoms. The van der Waals surface area contributed by atoms with Crippen molar-refractivity contribution in [1.29, 1.82) is 0 Å². The van der Waals surface area contributed by atoms with Gasteiger partial charge in [-0.05, 0) is 24.8 Å². The fourth-order valence-corrected chi connectivity index (χ4v) is 2.03. The van der Waals surface area contributed by atoms with E-state index in [0.717, 1.165) is 12.0 Å². The summed E-state index contributed by atoms with van der Waals surface area (Å²) in [6, 6.07) is 6.54. The van der Waals surface area contributed by atoms with Crippen molar-refractivity contribution in [2.45, 2.75) is 31.5 Å². The van der Waals surface area contributed by atoms with Gasteiger partial charge in [0.05, 0.1) is 0 Å². The summed E-state index contributed by atoms with van der Waals surface area (Å²) >= 11 is 0. The van der Waals surface area contributed by atoms with Crippen LogP contribution in [0.1, 0.15) is 18.4 Å². The SMILES string of the molecule is O=C(N[C@H](CCc1ccccc1)C(F)(F)F)N1CCC1. The number of halogens is 3. The van der Waals surface area contributed by atoms with E-state index in [2.05, 4.69) is 5.32 Å². The van der Waals surface area contributed by atoms with Crippen molar-refractivity contribution in [3.05, 3.63) is 35.9 Å². The Hall–Kier alpha value is -1.72. The van der Waals surface area contributed by atoms with Crippen LogP contribution in [0.15, 0.2) is 30.3 Å². The van der Waals surface area contributed by atoms with Crippen molar-refractivity contribution in [2.24, 2.45) is 0 Å². The number of rotatable bonds is 4. The number of carbonyl (C=O) groups is 1. The van der Waals surface area contributed by atoms with E-state index < -0.39 is 18.2 Å². The zero-order valence-corrected chi connectivity index (χ0v) is 11.0. The maximum Gasteiger partial charge on any atom is 0.408 e. The molecule has 1 atom stereocenters. The number of nitrogens with zero attached hydrogens (tertiary/aromatic N) is 1. The normalized spacial score (nSPS) is 16.4. The highest BCUT2D eigenvalue weighted by molar-refractivity contribution is 5.75. The van der Waals surface area contributed by atoms with E-state index in [1.165, 1.54) is 4.90 Å². The quantitative estimate of drug-likeness (QED) is 0.906. The summed E-state index contributed by atoms with van der Waals surface area (Å²) in [5.41, 5.74) is 0.833. The van der Waals surface area contributed by atoms with Gasteiger partial charge in [0.15, 0.2) is 0 Å². The first-order valence-electron chi connectivity index (χ1n) is 6.63. The summed E-state index contributed by atoms with van der Waals surface area (Å²) in [5.74, 6) is 0. The molecule has 0 aliphatic carbocycles. The third kappa shape index (κ3) is 3.88. The van der Waals surface area contributed by atoms with Crippen molar-refractivity contribution in [3.8, 4) is 0 Å². The monoisotopic (exact) mass is 286 g/mol. The molecule has 1 aliphatic rings. The number of nitrogens with one attached hydrogen (secondary N) is 1. The average molecular weight is 286 g/mol. The number of urea groups is 1. The Kier molecular flexibility index (Phi) is 4.52. The number of likely N-dealkylation sites (tertiary alicyclic amines) is 1. The van der Waals surface area contributed by atoms with Gasteiger partial charge in [-0.15, -0.1) is 0 Å². The van der Waals surface area contributed by atoms with Crippen LogP contribution < -0.4 is 5.32 Å². The van der Waals surface area contributed by atoms with Crippen LogP contribution in [0.2, 0.25) is 0 Å². The van der Waals surface area contributed by atoms with E-state index in [9.17, 15) is 18.0 Å². The zero-order chi connectivity index (χ0) is 14.6. The Bertz CT molecular complexity index is 443. The van der Waals surface area contributed by atoms with Crippen molar-refractivity contribution in [1.82, 2.24) is 10.2 Å². The molecule has 0 unspecified atom stereocenters. The molecule has 1 aromatic rings. The Labute approximate surface area is 115 Å². The molecule has 0 bridgehead atoms. The molecule has 1 fully saturated rings. The second kappa shape index (κ2) is 6.15. The van der Waals surface area contributed by atoms with E-state index in [4.69, 9.17) is 0 Å². The number of amides is 2. The molecule has 2 amide bonds. The minimum Gasteiger partial charge on any atom is -0.326 e. The number of aryl methyl sites for hydroxylation is 1. The van der Waals surface area contributed by atoms with Crippen molar-refractivity contribution in [3.63, 3.8) is 0 Å². The molecule has 1 heterocycles. The van der Waals surface area contributed by atoms with E-state index in [1.54, 1.807) is 24.3 Å². The zero-order valence-electron chi connectivity index (χ0n) is 11.0. The van der Waals surface area contributed by atoms with Gasteiger partial charge >= 0.3 is 12.2 Å². The van der Waals surface area contributed by atoms with E-state index >= 15 is 0 Å². The van der Waals surface area contributed by atoms with E-state index in [1.807, 2.05) is 6.07 Å². The first-order chi connectivity index (χ1) is 9.47. The molecule has 2 rings (SSSR count). The van der Waals surface area contributed by atoms with Gasteiger partial charge in [0.1, 0.15) is 6.04 Å². The molecule has 110 valence electrons. The third-order valence-electron chi connectivity index (χ3n) is 3.40. The molecular weight excluding hydrogens is 269 g/mol. The second-order valence-electron chi connectivity index (χ2n) is 4.91. The number of hydrogen-bond acceptors (Lipinski definition) is 1. The van der Waals surface area contributed by atoms with Crippen LogP contribution in [0, 0.1) is 0 Å². The first-order valence-corrected chi connectivity index (χ1v) is 6.63. The van der Waals surface area contributed by atoms with Gasteiger partial charge in [-0.25, -0.2) is 4.79 Å². The summed E-state index contributed by atoms with van der Waals surface area (Å²) in [7, 11) is 0. The number of carbonyl (C=O) groups excluding carboxylic acids is 1. The second-order valence-corrected chi connectivity index (χ2v) is 4.91. The molecule has 0 spiro atoms. The van der Waals surface area contributed by atoms with Crippen LogP contribution in [0.3, 0.4) is 0 Å². The standard InChI is InChI=1S/C14H17F3N2O/c15-14(16,17)12(18-13(20)19-9-4-10-19)8-7-11-5-2-1-3-6-11/h1-3,5-6,12H,4,7-10H2,(H,18,20)/t12-/m1/s1. The summed E-state index contributed by atoms with van der Waals surface area (Å²) in [6.07, 6.45) is -3.43. The highest BCUT2D eigenvalue weighted by Crippen LogP contribution is 2.24. The Morgan fingerprint density at radius 2 is 1.90 bits per heavy atom. The molecule has 0 aromatic heterocycles.